The second kappa shape index (κ2) is 7.27. The molecule has 5 rings (SSSR count). The number of ketones is 2. The Morgan fingerprint density at radius 3 is 2.86 bits per heavy atom. The summed E-state index contributed by atoms with van der Waals surface area (Å²) in [6, 6.07) is 14.5. The first-order valence-corrected chi connectivity index (χ1v) is 10.4. The van der Waals surface area contributed by atoms with E-state index < -0.39 is 0 Å². The molecule has 148 valence electrons. The van der Waals surface area contributed by atoms with Crippen LogP contribution in [-0.4, -0.2) is 29.6 Å². The van der Waals surface area contributed by atoms with E-state index in [1.165, 1.54) is 5.56 Å². The number of likely N-dealkylation sites (tertiary alicyclic amines) is 1. The van der Waals surface area contributed by atoms with Gasteiger partial charge < -0.3 is 9.53 Å². The van der Waals surface area contributed by atoms with Gasteiger partial charge in [0.15, 0.2) is 5.78 Å². The van der Waals surface area contributed by atoms with Crippen molar-refractivity contribution < 1.29 is 14.3 Å². The first-order valence-electron chi connectivity index (χ1n) is 10.4. The highest BCUT2D eigenvalue weighted by atomic mass is 16.5. The van der Waals surface area contributed by atoms with Gasteiger partial charge in [0.05, 0.1) is 5.57 Å². The van der Waals surface area contributed by atoms with Gasteiger partial charge in [0.25, 0.3) is 0 Å². The van der Waals surface area contributed by atoms with Gasteiger partial charge in [-0.3, -0.25) is 9.69 Å². The first-order chi connectivity index (χ1) is 14.1. The topological polar surface area (TPSA) is 46.6 Å². The molecule has 4 nitrogen and oxygen atoms in total. The predicted octanol–water partition coefficient (Wildman–Crippen LogP) is 4.01. The van der Waals surface area contributed by atoms with Crippen molar-refractivity contribution in [1.82, 2.24) is 4.90 Å². The molecule has 2 heterocycles. The fourth-order valence-electron chi connectivity index (χ4n) is 4.99. The Labute approximate surface area is 171 Å². The molecule has 1 atom stereocenters. The highest BCUT2D eigenvalue weighted by Gasteiger charge is 2.32. The molecule has 4 heteroatoms. The van der Waals surface area contributed by atoms with Crippen LogP contribution in [0.25, 0.3) is 11.3 Å². The molecule has 2 aliphatic heterocycles. The molecule has 2 aromatic carbocycles. The van der Waals surface area contributed by atoms with E-state index in [-0.39, 0.29) is 11.6 Å². The van der Waals surface area contributed by atoms with Crippen LogP contribution in [0.4, 0.5) is 0 Å². The van der Waals surface area contributed by atoms with Gasteiger partial charge in [0.2, 0.25) is 0 Å². The van der Waals surface area contributed by atoms with Gasteiger partial charge in [0, 0.05) is 37.1 Å². The summed E-state index contributed by atoms with van der Waals surface area (Å²) in [6.07, 6.45) is 2.26. The van der Waals surface area contributed by atoms with Crippen LogP contribution in [0.2, 0.25) is 0 Å². The Kier molecular flexibility index (Phi) is 4.59. The van der Waals surface area contributed by atoms with Crippen molar-refractivity contribution in [1.29, 1.82) is 0 Å². The van der Waals surface area contributed by atoms with Crippen LogP contribution in [0, 0.1) is 5.92 Å². The summed E-state index contributed by atoms with van der Waals surface area (Å²) in [4.78, 5) is 26.5. The number of ether oxygens (including phenoxy) is 1. The van der Waals surface area contributed by atoms with Crippen molar-refractivity contribution in [2.45, 2.75) is 39.3 Å². The lowest BCUT2D eigenvalue weighted by Crippen LogP contribution is -2.20. The molecular formula is C25H25NO3. The Bertz CT molecular complexity index is 1040. The van der Waals surface area contributed by atoms with Crippen LogP contribution in [-0.2, 0) is 33.9 Å². The minimum atomic E-state index is 0.145. The molecule has 1 unspecified atom stereocenters. The number of nitrogens with zero attached hydrogens (tertiary/aromatic N) is 1. The van der Waals surface area contributed by atoms with E-state index >= 15 is 0 Å². The molecule has 0 saturated carbocycles. The van der Waals surface area contributed by atoms with E-state index in [4.69, 9.17) is 4.74 Å². The minimum absolute atomic E-state index is 0.145. The maximum atomic E-state index is 12.7. The lowest BCUT2D eigenvalue weighted by Gasteiger charge is -2.16. The fraction of sp³-hybridized carbons (Fsp3) is 0.360. The largest absolute Gasteiger partial charge is 0.487 e. The van der Waals surface area contributed by atoms with Crippen LogP contribution in [0.15, 0.2) is 42.5 Å². The van der Waals surface area contributed by atoms with Crippen LogP contribution in [0.5, 0.6) is 0 Å². The molecule has 0 N–H and O–H groups in total. The molecule has 0 bridgehead atoms. The van der Waals surface area contributed by atoms with E-state index in [1.807, 2.05) is 24.3 Å². The summed E-state index contributed by atoms with van der Waals surface area (Å²) < 4.78 is 6.03. The molecule has 1 saturated heterocycles. The number of fused-ring (bicyclic) bond motifs is 2. The van der Waals surface area contributed by atoms with Crippen molar-refractivity contribution in [3.05, 3.63) is 70.3 Å². The first kappa shape index (κ1) is 18.3. The number of benzene rings is 2. The standard InChI is InChI=1S/C25H25NO3/c1-16(27)10-18-8-9-26(14-18)13-17-6-7-22-20(11-17)15-29-25(22)24-21-5-3-2-4-19(21)12-23(24)28/h2-7,11,18H,8-10,12-15H2,1H3/b25-24+. The number of hydrogen-bond donors (Lipinski definition) is 0. The quantitative estimate of drug-likeness (QED) is 0.744. The zero-order chi connectivity index (χ0) is 20.0. The maximum absolute atomic E-state index is 12.7. The zero-order valence-corrected chi connectivity index (χ0v) is 16.7. The van der Waals surface area contributed by atoms with Gasteiger partial charge in [0.1, 0.15) is 18.1 Å². The summed E-state index contributed by atoms with van der Waals surface area (Å²) in [7, 11) is 0. The summed E-state index contributed by atoms with van der Waals surface area (Å²) in [5.74, 6) is 1.67. The third-order valence-electron chi connectivity index (χ3n) is 6.28. The number of rotatable bonds is 4. The minimum Gasteiger partial charge on any atom is -0.487 e. The van der Waals surface area contributed by atoms with Gasteiger partial charge >= 0.3 is 0 Å². The van der Waals surface area contributed by atoms with E-state index in [0.717, 1.165) is 59.6 Å². The zero-order valence-electron chi connectivity index (χ0n) is 16.7. The average molecular weight is 387 g/mol. The Morgan fingerprint density at radius 1 is 1.14 bits per heavy atom. The number of carbonyl (C=O) groups excluding carboxylic acids is 2. The smallest absolute Gasteiger partial charge is 0.171 e. The third kappa shape index (κ3) is 3.42. The lowest BCUT2D eigenvalue weighted by atomic mass is 9.99. The fourth-order valence-corrected chi connectivity index (χ4v) is 4.99. The van der Waals surface area contributed by atoms with Crippen LogP contribution < -0.4 is 0 Å². The summed E-state index contributed by atoms with van der Waals surface area (Å²) in [5, 5.41) is 0. The average Bonchev–Trinajstić information content (AvgIpc) is 3.37. The lowest BCUT2D eigenvalue weighted by molar-refractivity contribution is -0.117. The Hall–Kier alpha value is -2.72. The van der Waals surface area contributed by atoms with Gasteiger partial charge in [-0.05, 0) is 42.5 Å². The van der Waals surface area contributed by atoms with Crippen molar-refractivity contribution >= 4 is 22.9 Å². The van der Waals surface area contributed by atoms with Crippen LogP contribution in [0.1, 0.15) is 47.6 Å². The van der Waals surface area contributed by atoms with E-state index in [9.17, 15) is 9.59 Å². The SMILES string of the molecule is CC(=O)CC1CCN(Cc2ccc3c(c2)CO/C3=C2/C(=O)Cc3ccccc32)C1. The third-order valence-corrected chi connectivity index (χ3v) is 6.28. The van der Waals surface area contributed by atoms with E-state index in [2.05, 4.69) is 23.1 Å². The molecule has 0 amide bonds. The van der Waals surface area contributed by atoms with Crippen LogP contribution in [0.3, 0.4) is 0 Å². The summed E-state index contributed by atoms with van der Waals surface area (Å²) in [5.41, 5.74) is 6.30. The number of hydrogen-bond acceptors (Lipinski definition) is 4. The number of Topliss-reactive ketones (excluding diaryl/α,β-unsaturated/α-hetero) is 2. The highest BCUT2D eigenvalue weighted by Crippen LogP contribution is 2.41. The molecule has 29 heavy (non-hydrogen) atoms. The predicted molar refractivity (Wildman–Crippen MR) is 112 cm³/mol. The van der Waals surface area contributed by atoms with E-state index in [0.29, 0.717) is 25.4 Å². The Balaban J connectivity index is 1.38. The molecule has 1 fully saturated rings. The van der Waals surface area contributed by atoms with Crippen molar-refractivity contribution in [2.75, 3.05) is 13.1 Å². The summed E-state index contributed by atoms with van der Waals surface area (Å²) >= 11 is 0. The summed E-state index contributed by atoms with van der Waals surface area (Å²) in [6.45, 7) is 5.14. The molecule has 3 aliphatic rings. The molecule has 0 spiro atoms. The second-order valence-electron chi connectivity index (χ2n) is 8.54. The second-order valence-corrected chi connectivity index (χ2v) is 8.54. The monoisotopic (exact) mass is 387 g/mol. The number of carbonyl (C=O) groups is 2. The maximum Gasteiger partial charge on any atom is 0.171 e. The Morgan fingerprint density at radius 2 is 2.00 bits per heavy atom. The molecular weight excluding hydrogens is 362 g/mol. The van der Waals surface area contributed by atoms with Crippen molar-refractivity contribution in [2.24, 2.45) is 5.92 Å². The molecule has 0 radical (unpaired) electrons. The van der Waals surface area contributed by atoms with Crippen molar-refractivity contribution in [3.63, 3.8) is 0 Å². The molecule has 2 aromatic rings. The molecule has 1 aliphatic carbocycles. The molecule has 0 aromatic heterocycles. The number of allylic oxidation sites excluding steroid dienone is 1. The van der Waals surface area contributed by atoms with Gasteiger partial charge in [-0.2, -0.15) is 0 Å². The van der Waals surface area contributed by atoms with Gasteiger partial charge in [-0.25, -0.2) is 0 Å². The van der Waals surface area contributed by atoms with Crippen LogP contribution >= 0.6 is 0 Å². The normalized spacial score (nSPS) is 23.2. The van der Waals surface area contributed by atoms with E-state index in [1.54, 1.807) is 6.92 Å². The highest BCUT2D eigenvalue weighted by molar-refractivity contribution is 6.31. The van der Waals surface area contributed by atoms with Gasteiger partial charge in [-0.15, -0.1) is 0 Å². The van der Waals surface area contributed by atoms with Gasteiger partial charge in [-0.1, -0.05) is 42.5 Å². The van der Waals surface area contributed by atoms with Crippen molar-refractivity contribution in [3.8, 4) is 0 Å².